The quantitative estimate of drug-likeness (QED) is 0.552. The summed E-state index contributed by atoms with van der Waals surface area (Å²) in [5.74, 6) is 0.362. The Morgan fingerprint density at radius 3 is 3.15 bits per heavy atom. The molecule has 1 atom stereocenters. The number of amidine groups is 1. The average Bonchev–Trinajstić information content (AvgIpc) is 2.63. The summed E-state index contributed by atoms with van der Waals surface area (Å²) in [5.41, 5.74) is 0.307. The van der Waals surface area contributed by atoms with Crippen molar-refractivity contribution in [2.45, 2.75) is 0 Å². The summed E-state index contributed by atoms with van der Waals surface area (Å²) in [6.45, 7) is 0. The molecule has 0 bridgehead atoms. The Morgan fingerprint density at radius 1 is 1.54 bits per heavy atom. The van der Waals surface area contributed by atoms with Gasteiger partial charge in [0.1, 0.15) is 11.5 Å². The second kappa shape index (κ2) is 2.97. The van der Waals surface area contributed by atoms with Crippen LogP contribution in [-0.4, -0.2) is 24.6 Å². The Kier molecular flexibility index (Phi) is 1.81. The first kappa shape index (κ1) is 7.91. The predicted molar refractivity (Wildman–Crippen MR) is 48.7 cm³/mol. The third-order valence-corrected chi connectivity index (χ3v) is 1.89. The normalized spacial score (nSPS) is 23.6. The zero-order valence-electron chi connectivity index (χ0n) is 7.10. The van der Waals surface area contributed by atoms with Crippen LogP contribution in [0.15, 0.2) is 34.4 Å². The lowest BCUT2D eigenvalue weighted by Gasteiger charge is -2.09. The van der Waals surface area contributed by atoms with Crippen molar-refractivity contribution in [2.75, 3.05) is 7.11 Å². The van der Waals surface area contributed by atoms with Crippen molar-refractivity contribution in [3.63, 3.8) is 0 Å². The molecule has 2 aliphatic heterocycles. The Balaban J connectivity index is 2.26. The van der Waals surface area contributed by atoms with E-state index >= 15 is 0 Å². The molecule has 0 aliphatic carbocycles. The van der Waals surface area contributed by atoms with Gasteiger partial charge in [-0.2, -0.15) is 0 Å². The van der Waals surface area contributed by atoms with Gasteiger partial charge in [-0.15, -0.1) is 0 Å². The molecule has 0 fully saturated rings. The molecule has 0 saturated heterocycles. The highest BCUT2D eigenvalue weighted by molar-refractivity contribution is 6.43. The van der Waals surface area contributed by atoms with Gasteiger partial charge in [0.05, 0.1) is 13.0 Å². The topological polar surface area (TPSA) is 51.0 Å². The van der Waals surface area contributed by atoms with E-state index in [2.05, 4.69) is 14.7 Å². The maximum absolute atomic E-state index is 11.1. The number of carbonyl (C=O) groups excluding carboxylic acids is 1. The van der Waals surface area contributed by atoms with Crippen molar-refractivity contribution < 1.29 is 9.53 Å². The van der Waals surface area contributed by atoms with Crippen molar-refractivity contribution in [3.8, 4) is 0 Å². The molecule has 4 nitrogen and oxygen atoms in total. The van der Waals surface area contributed by atoms with Crippen LogP contribution in [0.1, 0.15) is 0 Å². The number of dihydropyridines is 1. The number of aliphatic imine (C=N–C) groups is 2. The molecule has 0 radical (unpaired) electrons. The molecule has 2 rings (SSSR count). The second-order valence-electron chi connectivity index (χ2n) is 2.70. The van der Waals surface area contributed by atoms with Crippen LogP contribution in [0.5, 0.6) is 0 Å². The van der Waals surface area contributed by atoms with Gasteiger partial charge in [-0.25, -0.2) is 14.8 Å². The Morgan fingerprint density at radius 2 is 2.38 bits per heavy atom. The summed E-state index contributed by atoms with van der Waals surface area (Å²) < 4.78 is 4.54. The van der Waals surface area contributed by atoms with Crippen LogP contribution in [0, 0.1) is 5.92 Å². The molecule has 2 heterocycles. The highest BCUT2D eigenvalue weighted by atomic mass is 16.5. The molecule has 0 unspecified atom stereocenters. The standard InChI is InChI=1S/C9H8N2O2/c1-13-9(12)7-3-2-6-4-5-10-8(6)11-7/h2-6H,1H3/t6-/m0/s1. The monoisotopic (exact) mass is 176 g/mol. The van der Waals surface area contributed by atoms with Gasteiger partial charge in [0.2, 0.25) is 0 Å². The van der Waals surface area contributed by atoms with E-state index in [1.807, 2.05) is 12.2 Å². The van der Waals surface area contributed by atoms with Gasteiger partial charge in [-0.3, -0.25) is 0 Å². The van der Waals surface area contributed by atoms with Gasteiger partial charge in [0.15, 0.2) is 0 Å². The number of esters is 1. The number of carbonyl (C=O) groups is 1. The second-order valence-corrected chi connectivity index (χ2v) is 2.70. The predicted octanol–water partition coefficient (Wildman–Crippen LogP) is 0.712. The molecule has 66 valence electrons. The number of methoxy groups -OCH3 is 1. The zero-order chi connectivity index (χ0) is 9.26. The molecule has 0 N–H and O–H groups in total. The first-order valence-electron chi connectivity index (χ1n) is 3.91. The summed E-state index contributed by atoms with van der Waals surface area (Å²) in [4.78, 5) is 19.1. The van der Waals surface area contributed by atoms with Crippen LogP contribution in [0.3, 0.4) is 0 Å². The van der Waals surface area contributed by atoms with Gasteiger partial charge in [-0.1, -0.05) is 12.2 Å². The molecule has 0 aromatic rings. The summed E-state index contributed by atoms with van der Waals surface area (Å²) in [7, 11) is 1.33. The summed E-state index contributed by atoms with van der Waals surface area (Å²) in [6, 6.07) is 0. The molecular formula is C9H8N2O2. The number of rotatable bonds is 1. The molecular weight excluding hydrogens is 168 g/mol. The number of fused-ring (bicyclic) bond motifs is 1. The van der Waals surface area contributed by atoms with E-state index in [0.717, 1.165) is 0 Å². The minimum absolute atomic E-state index is 0.133. The van der Waals surface area contributed by atoms with Crippen molar-refractivity contribution in [3.05, 3.63) is 24.4 Å². The van der Waals surface area contributed by atoms with E-state index in [1.54, 1.807) is 12.3 Å². The average molecular weight is 176 g/mol. The van der Waals surface area contributed by atoms with E-state index < -0.39 is 5.97 Å². The maximum atomic E-state index is 11.1. The van der Waals surface area contributed by atoms with Gasteiger partial charge >= 0.3 is 5.97 Å². The molecule has 4 heteroatoms. The van der Waals surface area contributed by atoms with Crippen molar-refractivity contribution in [1.29, 1.82) is 0 Å². The Hall–Kier alpha value is -1.71. The summed E-state index contributed by atoms with van der Waals surface area (Å²) >= 11 is 0. The summed E-state index contributed by atoms with van der Waals surface area (Å²) in [5, 5.41) is 0. The number of hydrogen-bond donors (Lipinski definition) is 0. The van der Waals surface area contributed by atoms with Crippen molar-refractivity contribution >= 4 is 17.5 Å². The third kappa shape index (κ3) is 1.30. The highest BCUT2D eigenvalue weighted by Gasteiger charge is 2.20. The van der Waals surface area contributed by atoms with Gasteiger partial charge in [0, 0.05) is 6.20 Å². The van der Waals surface area contributed by atoms with Crippen LogP contribution in [0.4, 0.5) is 0 Å². The van der Waals surface area contributed by atoms with E-state index in [4.69, 9.17) is 0 Å². The minimum Gasteiger partial charge on any atom is -0.464 e. The van der Waals surface area contributed by atoms with Gasteiger partial charge in [-0.05, 0) is 6.08 Å². The van der Waals surface area contributed by atoms with Crippen molar-refractivity contribution in [2.24, 2.45) is 15.9 Å². The third-order valence-electron chi connectivity index (χ3n) is 1.89. The van der Waals surface area contributed by atoms with E-state index in [1.165, 1.54) is 7.11 Å². The minimum atomic E-state index is -0.427. The van der Waals surface area contributed by atoms with E-state index in [-0.39, 0.29) is 5.92 Å². The van der Waals surface area contributed by atoms with Crippen LogP contribution in [-0.2, 0) is 9.53 Å². The number of hydrogen-bond acceptors (Lipinski definition) is 4. The lowest BCUT2D eigenvalue weighted by molar-refractivity contribution is -0.132. The number of nitrogens with zero attached hydrogens (tertiary/aromatic N) is 2. The number of ether oxygens (including phenoxy) is 1. The lowest BCUT2D eigenvalue weighted by atomic mass is 10.1. The van der Waals surface area contributed by atoms with Crippen molar-refractivity contribution in [1.82, 2.24) is 0 Å². The zero-order valence-corrected chi connectivity index (χ0v) is 7.10. The lowest BCUT2D eigenvalue weighted by Crippen LogP contribution is -2.20. The van der Waals surface area contributed by atoms with Crippen LogP contribution in [0.25, 0.3) is 0 Å². The van der Waals surface area contributed by atoms with E-state index in [9.17, 15) is 4.79 Å². The molecule has 13 heavy (non-hydrogen) atoms. The smallest absolute Gasteiger partial charge is 0.356 e. The first-order valence-corrected chi connectivity index (χ1v) is 3.91. The molecule has 0 aromatic carbocycles. The van der Waals surface area contributed by atoms with Crippen LogP contribution >= 0.6 is 0 Å². The Bertz CT molecular complexity index is 364. The van der Waals surface area contributed by atoms with E-state index in [0.29, 0.717) is 11.5 Å². The molecule has 0 spiro atoms. The Labute approximate surface area is 75.3 Å². The van der Waals surface area contributed by atoms with Gasteiger partial charge in [0.25, 0.3) is 0 Å². The van der Waals surface area contributed by atoms with Crippen LogP contribution in [0.2, 0.25) is 0 Å². The molecule has 0 amide bonds. The first-order chi connectivity index (χ1) is 6.31. The fraction of sp³-hybridized carbons (Fsp3) is 0.222. The fourth-order valence-corrected chi connectivity index (χ4v) is 1.21. The fourth-order valence-electron chi connectivity index (χ4n) is 1.21. The van der Waals surface area contributed by atoms with Crippen LogP contribution < -0.4 is 0 Å². The SMILES string of the molecule is COC(=O)C1=NC2=NC=C[C@@H]2C=C1. The molecule has 2 aliphatic rings. The molecule has 0 aromatic heterocycles. The highest BCUT2D eigenvalue weighted by Crippen LogP contribution is 2.17. The maximum Gasteiger partial charge on any atom is 0.356 e. The van der Waals surface area contributed by atoms with Gasteiger partial charge < -0.3 is 4.74 Å². The summed E-state index contributed by atoms with van der Waals surface area (Å²) in [6.07, 6.45) is 7.14. The molecule has 0 saturated carbocycles. The largest absolute Gasteiger partial charge is 0.464 e.